The maximum atomic E-state index is 11.7. The first-order chi connectivity index (χ1) is 9.92. The summed E-state index contributed by atoms with van der Waals surface area (Å²) in [5.74, 6) is -0.244. The summed E-state index contributed by atoms with van der Waals surface area (Å²) in [6, 6.07) is 6.99. The Balaban J connectivity index is 2.54. The molecule has 0 saturated heterocycles. The summed E-state index contributed by atoms with van der Waals surface area (Å²) in [5.41, 5.74) is 3.41. The monoisotopic (exact) mass is 287 g/mol. The van der Waals surface area contributed by atoms with Crippen molar-refractivity contribution in [1.29, 1.82) is 0 Å². The highest BCUT2D eigenvalue weighted by atomic mass is 16.5. The molecule has 0 amide bonds. The molecule has 0 saturated carbocycles. The lowest BCUT2D eigenvalue weighted by atomic mass is 9.99. The van der Waals surface area contributed by atoms with E-state index in [1.54, 1.807) is 19.4 Å². The average Bonchev–Trinajstić information content (AvgIpc) is 2.43. The van der Waals surface area contributed by atoms with Crippen LogP contribution in [-0.2, 0) is 11.3 Å². The van der Waals surface area contributed by atoms with Crippen molar-refractivity contribution in [2.45, 2.75) is 20.4 Å². The molecule has 0 bridgehead atoms. The van der Waals surface area contributed by atoms with E-state index in [2.05, 4.69) is 0 Å². The van der Waals surface area contributed by atoms with Crippen molar-refractivity contribution < 1.29 is 14.6 Å². The Bertz CT molecular complexity index is 746. The number of nitrogens with zero attached hydrogens (tertiary/aromatic N) is 1. The minimum absolute atomic E-state index is 0.330. The lowest BCUT2D eigenvalue weighted by molar-refractivity contribution is -0.137. The van der Waals surface area contributed by atoms with E-state index in [1.165, 1.54) is 10.6 Å². The van der Waals surface area contributed by atoms with E-state index < -0.39 is 5.97 Å². The molecule has 0 aliphatic heterocycles. The van der Waals surface area contributed by atoms with E-state index in [0.29, 0.717) is 0 Å². The Morgan fingerprint density at radius 3 is 2.57 bits per heavy atom. The number of rotatable bonds is 4. The predicted octanol–water partition coefficient (Wildman–Crippen LogP) is 2.23. The molecule has 2 rings (SSSR count). The summed E-state index contributed by atoms with van der Waals surface area (Å²) in [6.45, 7) is 3.54. The third kappa shape index (κ3) is 3.13. The van der Waals surface area contributed by atoms with Crippen LogP contribution < -0.4 is 10.3 Å². The van der Waals surface area contributed by atoms with Gasteiger partial charge in [0.25, 0.3) is 5.56 Å². The van der Waals surface area contributed by atoms with Crippen LogP contribution in [0, 0.1) is 13.8 Å². The van der Waals surface area contributed by atoms with Gasteiger partial charge in [-0.2, -0.15) is 0 Å². The van der Waals surface area contributed by atoms with E-state index in [0.717, 1.165) is 28.0 Å². The number of ether oxygens (including phenoxy) is 1. The van der Waals surface area contributed by atoms with E-state index >= 15 is 0 Å². The number of pyridine rings is 1. The Labute approximate surface area is 122 Å². The number of carboxylic acid groups (broad SMARTS) is 1. The number of carboxylic acids is 1. The zero-order valence-corrected chi connectivity index (χ0v) is 12.2. The SMILES string of the molecule is COc1cc(C)c(-c2ccc(=O)n(CC(=O)O)c2)cc1C. The van der Waals surface area contributed by atoms with Gasteiger partial charge in [0.2, 0.25) is 0 Å². The molecule has 2 aromatic rings. The molecule has 0 radical (unpaired) electrons. The lowest BCUT2D eigenvalue weighted by Gasteiger charge is -2.12. The van der Waals surface area contributed by atoms with Gasteiger partial charge in [-0.3, -0.25) is 9.59 Å². The molecule has 21 heavy (non-hydrogen) atoms. The molecule has 0 atom stereocenters. The molecule has 0 aliphatic rings. The standard InChI is InChI=1S/C16H17NO4/c1-10-7-14(21-3)11(2)6-13(10)12-4-5-15(18)17(8-12)9-16(19)20/h4-8H,9H2,1-3H3,(H,19,20). The fourth-order valence-electron chi connectivity index (χ4n) is 2.28. The number of aliphatic carboxylic acids is 1. The van der Waals surface area contributed by atoms with Gasteiger partial charge in [-0.1, -0.05) is 0 Å². The summed E-state index contributed by atoms with van der Waals surface area (Å²) < 4.78 is 6.47. The van der Waals surface area contributed by atoms with Crippen LogP contribution in [0.1, 0.15) is 11.1 Å². The first-order valence-electron chi connectivity index (χ1n) is 6.50. The molecule has 0 fully saturated rings. The summed E-state index contributed by atoms with van der Waals surface area (Å²) in [5, 5.41) is 8.84. The summed E-state index contributed by atoms with van der Waals surface area (Å²) >= 11 is 0. The normalized spacial score (nSPS) is 10.4. The van der Waals surface area contributed by atoms with Gasteiger partial charge >= 0.3 is 5.97 Å². The minimum Gasteiger partial charge on any atom is -0.496 e. The molecule has 5 heteroatoms. The van der Waals surface area contributed by atoms with E-state index in [4.69, 9.17) is 9.84 Å². The minimum atomic E-state index is -1.04. The number of benzene rings is 1. The fraction of sp³-hybridized carbons (Fsp3) is 0.250. The molecular formula is C16H17NO4. The smallest absolute Gasteiger partial charge is 0.323 e. The van der Waals surface area contributed by atoms with Crippen molar-refractivity contribution in [3.63, 3.8) is 0 Å². The third-order valence-corrected chi connectivity index (χ3v) is 3.34. The maximum absolute atomic E-state index is 11.7. The number of carbonyl (C=O) groups is 1. The van der Waals surface area contributed by atoms with Crippen LogP contribution in [0.3, 0.4) is 0 Å². The van der Waals surface area contributed by atoms with E-state index in [1.807, 2.05) is 26.0 Å². The second-order valence-electron chi connectivity index (χ2n) is 4.91. The van der Waals surface area contributed by atoms with Crippen molar-refractivity contribution in [2.24, 2.45) is 0 Å². The highest BCUT2D eigenvalue weighted by molar-refractivity contribution is 5.70. The number of aromatic nitrogens is 1. The Morgan fingerprint density at radius 1 is 1.24 bits per heavy atom. The van der Waals surface area contributed by atoms with Gasteiger partial charge in [0.15, 0.2) is 0 Å². The Kier molecular flexibility index (Phi) is 4.12. The number of methoxy groups -OCH3 is 1. The van der Waals surface area contributed by atoms with Crippen molar-refractivity contribution in [3.05, 3.63) is 51.9 Å². The first kappa shape index (κ1) is 14.8. The average molecular weight is 287 g/mol. The molecule has 5 nitrogen and oxygen atoms in total. The summed E-state index contributed by atoms with van der Waals surface area (Å²) in [6.07, 6.45) is 1.57. The number of hydrogen-bond acceptors (Lipinski definition) is 3. The van der Waals surface area contributed by atoms with Gasteiger partial charge in [0.1, 0.15) is 12.3 Å². The second kappa shape index (κ2) is 5.83. The van der Waals surface area contributed by atoms with Crippen molar-refractivity contribution in [1.82, 2.24) is 4.57 Å². The highest BCUT2D eigenvalue weighted by Crippen LogP contribution is 2.29. The van der Waals surface area contributed by atoms with Crippen LogP contribution in [0.25, 0.3) is 11.1 Å². The van der Waals surface area contributed by atoms with Gasteiger partial charge in [0, 0.05) is 12.3 Å². The summed E-state index contributed by atoms with van der Waals surface area (Å²) in [4.78, 5) is 22.5. The molecule has 0 aliphatic carbocycles. The van der Waals surface area contributed by atoms with Crippen molar-refractivity contribution in [2.75, 3.05) is 7.11 Å². The highest BCUT2D eigenvalue weighted by Gasteiger charge is 2.09. The van der Waals surface area contributed by atoms with Crippen LogP contribution in [0.15, 0.2) is 35.3 Å². The van der Waals surface area contributed by atoms with Gasteiger partial charge in [-0.25, -0.2) is 0 Å². The fourth-order valence-corrected chi connectivity index (χ4v) is 2.28. The largest absolute Gasteiger partial charge is 0.496 e. The molecule has 1 heterocycles. The second-order valence-corrected chi connectivity index (χ2v) is 4.91. The topological polar surface area (TPSA) is 68.5 Å². The quantitative estimate of drug-likeness (QED) is 0.936. The van der Waals surface area contributed by atoms with Crippen LogP contribution in [0.2, 0.25) is 0 Å². The number of aryl methyl sites for hydroxylation is 2. The van der Waals surface area contributed by atoms with E-state index in [-0.39, 0.29) is 12.1 Å². The van der Waals surface area contributed by atoms with Gasteiger partial charge in [-0.15, -0.1) is 0 Å². The predicted molar refractivity (Wildman–Crippen MR) is 79.8 cm³/mol. The Morgan fingerprint density at radius 2 is 1.95 bits per heavy atom. The maximum Gasteiger partial charge on any atom is 0.323 e. The van der Waals surface area contributed by atoms with Crippen molar-refractivity contribution in [3.8, 4) is 16.9 Å². The molecular weight excluding hydrogens is 270 g/mol. The zero-order valence-electron chi connectivity index (χ0n) is 12.2. The Hall–Kier alpha value is -2.56. The molecule has 1 N–H and O–H groups in total. The molecule has 0 spiro atoms. The van der Waals surface area contributed by atoms with Gasteiger partial charge in [-0.05, 0) is 54.3 Å². The molecule has 1 aromatic heterocycles. The van der Waals surface area contributed by atoms with Crippen LogP contribution in [0.4, 0.5) is 0 Å². The van der Waals surface area contributed by atoms with Crippen LogP contribution >= 0.6 is 0 Å². The summed E-state index contributed by atoms with van der Waals surface area (Å²) in [7, 11) is 1.62. The molecule has 1 aromatic carbocycles. The lowest BCUT2D eigenvalue weighted by Crippen LogP contribution is -2.22. The van der Waals surface area contributed by atoms with Gasteiger partial charge < -0.3 is 14.4 Å². The van der Waals surface area contributed by atoms with E-state index in [9.17, 15) is 9.59 Å². The first-order valence-corrected chi connectivity index (χ1v) is 6.50. The van der Waals surface area contributed by atoms with Crippen LogP contribution in [0.5, 0.6) is 5.75 Å². The third-order valence-electron chi connectivity index (χ3n) is 3.34. The molecule has 110 valence electrons. The molecule has 0 unspecified atom stereocenters. The van der Waals surface area contributed by atoms with Crippen LogP contribution in [-0.4, -0.2) is 22.8 Å². The zero-order chi connectivity index (χ0) is 15.6. The van der Waals surface area contributed by atoms with Gasteiger partial charge in [0.05, 0.1) is 7.11 Å². The van der Waals surface area contributed by atoms with Crippen molar-refractivity contribution >= 4 is 5.97 Å². The number of hydrogen-bond donors (Lipinski definition) is 1.